The number of carboxylic acid groups (broad SMARTS) is 1. The van der Waals surface area contributed by atoms with Crippen molar-refractivity contribution < 1.29 is 23.8 Å². The summed E-state index contributed by atoms with van der Waals surface area (Å²) < 4.78 is 18.0. The maximum absolute atomic E-state index is 13.2. The molecule has 19 heavy (non-hydrogen) atoms. The van der Waals surface area contributed by atoms with E-state index in [2.05, 4.69) is 0 Å². The number of halogens is 1. The Labute approximate surface area is 109 Å². The molecule has 1 saturated heterocycles. The second-order valence-corrected chi connectivity index (χ2v) is 4.68. The van der Waals surface area contributed by atoms with E-state index < -0.39 is 17.3 Å². The van der Waals surface area contributed by atoms with E-state index in [0.717, 1.165) is 0 Å². The molecule has 0 saturated carbocycles. The maximum Gasteiger partial charge on any atom is 0.324 e. The zero-order valence-electron chi connectivity index (χ0n) is 10.6. The van der Waals surface area contributed by atoms with Gasteiger partial charge in [0.2, 0.25) is 5.91 Å². The number of amides is 1. The number of ether oxygens (including phenoxy) is 1. The molecule has 0 aliphatic carbocycles. The second-order valence-electron chi connectivity index (χ2n) is 4.68. The van der Waals surface area contributed by atoms with Crippen molar-refractivity contribution in [3.05, 3.63) is 29.6 Å². The molecule has 6 heteroatoms. The smallest absolute Gasteiger partial charge is 0.324 e. The van der Waals surface area contributed by atoms with Crippen LogP contribution >= 0.6 is 0 Å². The Morgan fingerprint density at radius 3 is 2.47 bits per heavy atom. The highest BCUT2D eigenvalue weighted by Gasteiger charge is 2.54. The van der Waals surface area contributed by atoms with Gasteiger partial charge in [-0.1, -0.05) is 0 Å². The van der Waals surface area contributed by atoms with Crippen molar-refractivity contribution in [1.29, 1.82) is 0 Å². The van der Waals surface area contributed by atoms with Gasteiger partial charge in [0.15, 0.2) is 5.41 Å². The lowest BCUT2D eigenvalue weighted by atomic mass is 9.84. The van der Waals surface area contributed by atoms with Crippen molar-refractivity contribution in [3.63, 3.8) is 0 Å². The van der Waals surface area contributed by atoms with Crippen molar-refractivity contribution in [2.75, 3.05) is 25.2 Å². The van der Waals surface area contributed by atoms with E-state index >= 15 is 0 Å². The van der Waals surface area contributed by atoms with Crippen LogP contribution < -0.4 is 4.90 Å². The van der Waals surface area contributed by atoms with Gasteiger partial charge < -0.3 is 14.7 Å². The summed E-state index contributed by atoms with van der Waals surface area (Å²) in [7, 11) is 1.47. The van der Waals surface area contributed by atoms with Gasteiger partial charge in [0.25, 0.3) is 0 Å². The molecule has 1 aliphatic rings. The quantitative estimate of drug-likeness (QED) is 0.836. The van der Waals surface area contributed by atoms with E-state index in [-0.39, 0.29) is 19.0 Å². The van der Waals surface area contributed by atoms with Gasteiger partial charge in [-0.25, -0.2) is 4.39 Å². The Balaban J connectivity index is 2.28. The third kappa shape index (κ3) is 2.08. The number of benzene rings is 1. The first-order valence-electron chi connectivity index (χ1n) is 5.74. The largest absolute Gasteiger partial charge is 0.480 e. The van der Waals surface area contributed by atoms with Crippen LogP contribution in [0.4, 0.5) is 10.1 Å². The molecule has 0 spiro atoms. The molecule has 2 rings (SSSR count). The minimum absolute atomic E-state index is 0.133. The van der Waals surface area contributed by atoms with E-state index in [4.69, 9.17) is 9.84 Å². The summed E-state index contributed by atoms with van der Waals surface area (Å²) in [5, 5.41) is 9.16. The van der Waals surface area contributed by atoms with Crippen molar-refractivity contribution in [1.82, 2.24) is 0 Å². The molecule has 1 fully saturated rings. The maximum atomic E-state index is 13.2. The van der Waals surface area contributed by atoms with Gasteiger partial charge in [-0.15, -0.1) is 0 Å². The van der Waals surface area contributed by atoms with Gasteiger partial charge in [-0.05, 0) is 30.7 Å². The monoisotopic (exact) mass is 267 g/mol. The fourth-order valence-electron chi connectivity index (χ4n) is 1.92. The van der Waals surface area contributed by atoms with Crippen molar-refractivity contribution in [3.8, 4) is 0 Å². The first-order valence-corrected chi connectivity index (χ1v) is 5.74. The minimum atomic E-state index is -1.52. The molecule has 5 nitrogen and oxygen atoms in total. The van der Waals surface area contributed by atoms with Crippen LogP contribution in [0.1, 0.15) is 5.56 Å². The van der Waals surface area contributed by atoms with Crippen LogP contribution in [0.3, 0.4) is 0 Å². The van der Waals surface area contributed by atoms with Gasteiger partial charge in [0.1, 0.15) is 5.82 Å². The molecule has 0 atom stereocenters. The Morgan fingerprint density at radius 2 is 2.05 bits per heavy atom. The van der Waals surface area contributed by atoms with Gasteiger partial charge in [-0.3, -0.25) is 9.59 Å². The number of carboxylic acids is 1. The molecule has 1 N–H and O–H groups in total. The zero-order chi connectivity index (χ0) is 14.2. The van der Waals surface area contributed by atoms with Crippen molar-refractivity contribution in [2.45, 2.75) is 6.92 Å². The standard InChI is InChI=1S/C13H14FNO4/c1-8-5-9(3-4-10(8)14)15(2)11(16)13(12(17)18)6-19-7-13/h3-5H,6-7H2,1-2H3,(H,17,18). The molecule has 1 aromatic carbocycles. The van der Waals surface area contributed by atoms with Gasteiger partial charge >= 0.3 is 5.97 Å². The molecular weight excluding hydrogens is 253 g/mol. The van der Waals surface area contributed by atoms with Gasteiger partial charge in [0, 0.05) is 12.7 Å². The van der Waals surface area contributed by atoms with Crippen LogP contribution in [0.2, 0.25) is 0 Å². The lowest BCUT2D eigenvalue weighted by Crippen LogP contribution is -2.59. The fraction of sp³-hybridized carbons (Fsp3) is 0.385. The summed E-state index contributed by atoms with van der Waals surface area (Å²) in [6, 6.07) is 4.19. The topological polar surface area (TPSA) is 66.8 Å². The average Bonchev–Trinajstić information content (AvgIpc) is 2.29. The molecule has 0 unspecified atom stereocenters. The number of nitrogens with zero attached hydrogens (tertiary/aromatic N) is 1. The van der Waals surface area contributed by atoms with E-state index in [1.165, 1.54) is 30.1 Å². The van der Waals surface area contributed by atoms with Gasteiger partial charge in [-0.2, -0.15) is 0 Å². The number of hydrogen-bond acceptors (Lipinski definition) is 3. The van der Waals surface area contributed by atoms with Crippen LogP contribution in [-0.4, -0.2) is 37.2 Å². The third-order valence-corrected chi connectivity index (χ3v) is 3.35. The minimum Gasteiger partial charge on any atom is -0.480 e. The third-order valence-electron chi connectivity index (χ3n) is 3.35. The predicted octanol–water partition coefficient (Wildman–Crippen LogP) is 1.20. The van der Waals surface area contributed by atoms with Gasteiger partial charge in [0.05, 0.1) is 13.2 Å². The molecule has 102 valence electrons. The van der Waals surface area contributed by atoms with Crippen molar-refractivity contribution >= 4 is 17.6 Å². The molecule has 1 aromatic rings. The van der Waals surface area contributed by atoms with Crippen molar-refractivity contribution in [2.24, 2.45) is 5.41 Å². The van der Waals surface area contributed by atoms with Crippen LogP contribution in [-0.2, 0) is 14.3 Å². The fourth-order valence-corrected chi connectivity index (χ4v) is 1.92. The second kappa shape index (κ2) is 4.62. The SMILES string of the molecule is Cc1cc(N(C)C(=O)C2(C(=O)O)COC2)ccc1F. The number of carbonyl (C=O) groups excluding carboxylic acids is 1. The normalized spacial score (nSPS) is 16.6. The lowest BCUT2D eigenvalue weighted by molar-refractivity contribution is -0.183. The first kappa shape index (κ1) is 13.5. The Kier molecular flexibility index (Phi) is 3.28. The molecule has 0 bridgehead atoms. The first-order chi connectivity index (χ1) is 8.88. The molecule has 1 aliphatic heterocycles. The van der Waals surface area contributed by atoms with E-state index in [1.54, 1.807) is 6.92 Å². The van der Waals surface area contributed by atoms with E-state index in [9.17, 15) is 14.0 Å². The Hall–Kier alpha value is -1.95. The highest BCUT2D eigenvalue weighted by atomic mass is 19.1. The summed E-state index contributed by atoms with van der Waals surface area (Å²) in [5.74, 6) is -2.13. The molecule has 1 heterocycles. The highest BCUT2D eigenvalue weighted by molar-refractivity contribution is 6.10. The molecule has 0 radical (unpaired) electrons. The molecule has 1 amide bonds. The average molecular weight is 267 g/mol. The molecule has 0 aromatic heterocycles. The number of aliphatic carboxylic acids is 1. The number of anilines is 1. The summed E-state index contributed by atoms with van der Waals surface area (Å²) in [5.41, 5.74) is -0.667. The lowest BCUT2D eigenvalue weighted by Gasteiger charge is -2.38. The number of rotatable bonds is 3. The number of carbonyl (C=O) groups is 2. The van der Waals surface area contributed by atoms with Crippen LogP contribution in [0, 0.1) is 18.2 Å². The number of aryl methyl sites for hydroxylation is 1. The van der Waals surface area contributed by atoms with Crippen LogP contribution in [0.25, 0.3) is 0 Å². The Bertz CT molecular complexity index is 539. The van der Waals surface area contributed by atoms with E-state index in [0.29, 0.717) is 11.3 Å². The zero-order valence-corrected chi connectivity index (χ0v) is 10.6. The summed E-state index contributed by atoms with van der Waals surface area (Å²) in [4.78, 5) is 24.7. The molecular formula is C13H14FNO4. The highest BCUT2D eigenvalue weighted by Crippen LogP contribution is 2.32. The summed E-state index contributed by atoms with van der Waals surface area (Å²) in [6.07, 6.45) is 0. The van der Waals surface area contributed by atoms with E-state index in [1.807, 2.05) is 0 Å². The summed E-state index contributed by atoms with van der Waals surface area (Å²) >= 11 is 0. The van der Waals surface area contributed by atoms with Crippen LogP contribution in [0.5, 0.6) is 0 Å². The summed E-state index contributed by atoms with van der Waals surface area (Å²) in [6.45, 7) is 1.31. The number of hydrogen-bond donors (Lipinski definition) is 1. The Morgan fingerprint density at radius 1 is 1.42 bits per heavy atom. The van der Waals surface area contributed by atoms with Crippen LogP contribution in [0.15, 0.2) is 18.2 Å². The predicted molar refractivity (Wildman–Crippen MR) is 65.4 cm³/mol.